The Morgan fingerprint density at radius 2 is 1.76 bits per heavy atom. The molecule has 2 amide bonds. The molecule has 2 heterocycles. The van der Waals surface area contributed by atoms with Crippen molar-refractivity contribution in [3.63, 3.8) is 0 Å². The van der Waals surface area contributed by atoms with E-state index in [0.29, 0.717) is 40.1 Å². The van der Waals surface area contributed by atoms with Crippen LogP contribution in [-0.2, 0) is 9.59 Å². The predicted octanol–water partition coefficient (Wildman–Crippen LogP) is 4.46. The van der Waals surface area contributed by atoms with Crippen LogP contribution in [0.15, 0.2) is 42.5 Å². The Hall–Kier alpha value is -1.83. The minimum Gasteiger partial charge on any atom is -0.341 e. The average molecular weight is 545 g/mol. The van der Waals surface area contributed by atoms with Gasteiger partial charge in [0.25, 0.3) is 5.91 Å². The summed E-state index contributed by atoms with van der Waals surface area (Å²) in [7, 11) is 1.78. The van der Waals surface area contributed by atoms with Crippen LogP contribution in [0.4, 0.5) is 0 Å². The minimum atomic E-state index is -0.489. The predicted molar refractivity (Wildman–Crippen MR) is 136 cm³/mol. The maximum Gasteiger partial charge on any atom is 0.253 e. The highest BCUT2D eigenvalue weighted by molar-refractivity contribution is 6.42. The molecule has 10 heteroatoms. The Labute approximate surface area is 219 Å². The number of rotatable bonds is 4. The molecule has 0 aliphatic carbocycles. The number of amides is 2. The van der Waals surface area contributed by atoms with Crippen LogP contribution in [0, 0.1) is 0 Å². The average Bonchev–Trinajstić information content (AvgIpc) is 3.26. The van der Waals surface area contributed by atoms with Crippen molar-refractivity contribution in [3.05, 3.63) is 68.7 Å². The van der Waals surface area contributed by atoms with Gasteiger partial charge in [0.2, 0.25) is 5.91 Å². The molecule has 6 nitrogen and oxygen atoms in total. The van der Waals surface area contributed by atoms with Gasteiger partial charge in [-0.05, 0) is 48.4 Å². The summed E-state index contributed by atoms with van der Waals surface area (Å²) < 4.78 is 0. The number of benzene rings is 2. The van der Waals surface area contributed by atoms with Crippen molar-refractivity contribution >= 4 is 64.8 Å². The van der Waals surface area contributed by atoms with Crippen molar-refractivity contribution in [2.24, 2.45) is 0 Å². The molecule has 0 bridgehead atoms. The first-order valence-corrected chi connectivity index (χ1v) is 11.9. The van der Waals surface area contributed by atoms with Crippen molar-refractivity contribution in [1.82, 2.24) is 15.1 Å². The molecule has 0 aromatic heterocycles. The fourth-order valence-corrected chi connectivity index (χ4v) is 5.06. The van der Waals surface area contributed by atoms with Crippen LogP contribution in [0.1, 0.15) is 34.7 Å². The number of carbonyl (C=O) groups is 3. The molecule has 34 heavy (non-hydrogen) atoms. The molecule has 2 aromatic rings. The fourth-order valence-electron chi connectivity index (χ4n) is 4.62. The van der Waals surface area contributed by atoms with E-state index in [4.69, 9.17) is 34.8 Å². The second kappa shape index (κ2) is 11.3. The molecule has 4 rings (SSSR count). The van der Waals surface area contributed by atoms with E-state index in [9.17, 15) is 14.4 Å². The van der Waals surface area contributed by atoms with Crippen molar-refractivity contribution in [1.29, 1.82) is 0 Å². The first-order valence-electron chi connectivity index (χ1n) is 10.8. The molecule has 2 fully saturated rings. The normalized spacial score (nSPS) is 22.3. The highest BCUT2D eigenvalue weighted by atomic mass is 35.5. The summed E-state index contributed by atoms with van der Waals surface area (Å²) in [6, 6.07) is 11.6. The summed E-state index contributed by atoms with van der Waals surface area (Å²) in [5.74, 6) is -0.339. The van der Waals surface area contributed by atoms with E-state index >= 15 is 0 Å². The number of carbonyl (C=O) groups excluding carboxylic acids is 3. The summed E-state index contributed by atoms with van der Waals surface area (Å²) in [6.45, 7) is 1.12. The molecule has 2 saturated heterocycles. The summed E-state index contributed by atoms with van der Waals surface area (Å²) in [6.07, 6.45) is 0.804. The smallest absolute Gasteiger partial charge is 0.253 e. The van der Waals surface area contributed by atoms with Gasteiger partial charge < -0.3 is 9.80 Å². The lowest BCUT2D eigenvalue weighted by Crippen LogP contribution is -2.54. The van der Waals surface area contributed by atoms with Crippen LogP contribution in [0.25, 0.3) is 0 Å². The van der Waals surface area contributed by atoms with Gasteiger partial charge in [0, 0.05) is 49.1 Å². The molecule has 2 aliphatic heterocycles. The molecule has 1 N–H and O–H groups in total. The molecular formula is C24H25Cl4N3O3. The highest BCUT2D eigenvalue weighted by Gasteiger charge is 2.39. The lowest BCUT2D eigenvalue weighted by atomic mass is 9.84. The SMILES string of the molecule is CN(C(=O)c1ccc(Cl)cc1)[C@@H]1CCN(C(=O)[C@H]2CC(=O)CN2)C[C@H]1c1ccc(Cl)c(Cl)c1.Cl. The zero-order valence-electron chi connectivity index (χ0n) is 18.5. The number of hydrogen-bond acceptors (Lipinski definition) is 4. The number of halogens is 4. The van der Waals surface area contributed by atoms with E-state index in [1.165, 1.54) is 0 Å². The number of likely N-dealkylation sites (N-methyl/N-ethyl adjacent to an activating group) is 1. The van der Waals surface area contributed by atoms with Gasteiger partial charge >= 0.3 is 0 Å². The van der Waals surface area contributed by atoms with E-state index in [2.05, 4.69) is 5.32 Å². The second-order valence-corrected chi connectivity index (χ2v) is 9.77. The van der Waals surface area contributed by atoms with Gasteiger partial charge in [-0.15, -0.1) is 12.4 Å². The monoisotopic (exact) mass is 543 g/mol. The van der Waals surface area contributed by atoms with Crippen LogP contribution < -0.4 is 5.32 Å². The van der Waals surface area contributed by atoms with Crippen LogP contribution in [-0.4, -0.2) is 66.2 Å². The second-order valence-electron chi connectivity index (χ2n) is 8.52. The first kappa shape index (κ1) is 26.8. The molecule has 0 saturated carbocycles. The third kappa shape index (κ3) is 5.69. The van der Waals surface area contributed by atoms with Crippen molar-refractivity contribution < 1.29 is 14.4 Å². The van der Waals surface area contributed by atoms with E-state index in [0.717, 1.165) is 5.56 Å². The first-order chi connectivity index (χ1) is 15.7. The zero-order chi connectivity index (χ0) is 23.7. The molecule has 2 aliphatic rings. The molecule has 3 atom stereocenters. The Morgan fingerprint density at radius 3 is 2.38 bits per heavy atom. The topological polar surface area (TPSA) is 69.7 Å². The van der Waals surface area contributed by atoms with Crippen molar-refractivity contribution in [2.75, 3.05) is 26.7 Å². The Balaban J connectivity index is 0.00000324. The number of nitrogens with zero attached hydrogens (tertiary/aromatic N) is 2. The number of piperidine rings is 1. The van der Waals surface area contributed by atoms with E-state index in [1.54, 1.807) is 53.2 Å². The van der Waals surface area contributed by atoms with Gasteiger partial charge in [-0.3, -0.25) is 19.7 Å². The Bertz CT molecular complexity index is 1080. The van der Waals surface area contributed by atoms with Crippen molar-refractivity contribution in [3.8, 4) is 0 Å². The summed E-state index contributed by atoms with van der Waals surface area (Å²) in [5.41, 5.74) is 1.44. The summed E-state index contributed by atoms with van der Waals surface area (Å²) in [5, 5.41) is 4.43. The molecule has 2 aromatic carbocycles. The third-order valence-electron chi connectivity index (χ3n) is 6.44. The van der Waals surface area contributed by atoms with Gasteiger partial charge in [0.05, 0.1) is 22.6 Å². The van der Waals surface area contributed by atoms with Gasteiger partial charge in [0.15, 0.2) is 0 Å². The van der Waals surface area contributed by atoms with Crippen LogP contribution >= 0.6 is 47.2 Å². The maximum atomic E-state index is 13.2. The maximum absolute atomic E-state index is 13.2. The molecule has 0 spiro atoms. The molecule has 182 valence electrons. The largest absolute Gasteiger partial charge is 0.341 e. The number of Topliss-reactive ketones (excluding diaryl/α,β-unsaturated/α-hetero) is 1. The molecule has 0 unspecified atom stereocenters. The highest BCUT2D eigenvalue weighted by Crippen LogP contribution is 2.35. The lowest BCUT2D eigenvalue weighted by Gasteiger charge is -2.43. The van der Waals surface area contributed by atoms with E-state index in [-0.39, 0.29) is 54.9 Å². The number of likely N-dealkylation sites (tertiary alicyclic amines) is 1. The van der Waals surface area contributed by atoms with Crippen LogP contribution in [0.3, 0.4) is 0 Å². The summed E-state index contributed by atoms with van der Waals surface area (Å²) >= 11 is 18.4. The minimum absolute atomic E-state index is 0. The van der Waals surface area contributed by atoms with E-state index in [1.807, 2.05) is 6.07 Å². The summed E-state index contributed by atoms with van der Waals surface area (Å²) in [4.78, 5) is 41.5. The Morgan fingerprint density at radius 1 is 1.06 bits per heavy atom. The molecular weight excluding hydrogens is 520 g/mol. The van der Waals surface area contributed by atoms with Gasteiger partial charge in [-0.1, -0.05) is 40.9 Å². The van der Waals surface area contributed by atoms with Gasteiger partial charge in [-0.25, -0.2) is 0 Å². The van der Waals surface area contributed by atoms with Gasteiger partial charge in [-0.2, -0.15) is 0 Å². The zero-order valence-corrected chi connectivity index (χ0v) is 21.6. The van der Waals surface area contributed by atoms with Crippen molar-refractivity contribution in [2.45, 2.75) is 30.8 Å². The number of nitrogens with one attached hydrogen (secondary N) is 1. The third-order valence-corrected chi connectivity index (χ3v) is 7.44. The van der Waals surface area contributed by atoms with E-state index < -0.39 is 6.04 Å². The van der Waals surface area contributed by atoms with Crippen LogP contribution in [0.2, 0.25) is 15.1 Å². The quantitative estimate of drug-likeness (QED) is 0.617. The lowest BCUT2D eigenvalue weighted by molar-refractivity contribution is -0.135. The van der Waals surface area contributed by atoms with Crippen LogP contribution in [0.5, 0.6) is 0 Å². The number of hydrogen-bond donors (Lipinski definition) is 1. The fraction of sp³-hybridized carbons (Fsp3) is 0.375. The molecule has 0 radical (unpaired) electrons. The standard InChI is InChI=1S/C24H24Cl3N3O3.ClH/c1-29(23(32)14-2-5-16(25)6-3-14)22-8-9-30(24(33)21-11-17(31)12-28-21)13-18(22)15-4-7-19(26)20(27)10-15;/h2-7,10,18,21-22,28H,8-9,11-13H2,1H3;1H/t18-,21+,22+;/m0./s1. The Kier molecular flexibility index (Phi) is 8.87. The number of ketones is 1. The van der Waals surface area contributed by atoms with Gasteiger partial charge in [0.1, 0.15) is 5.78 Å².